The monoisotopic (exact) mass is 458 g/mol. The molecule has 1 saturated heterocycles. The quantitative estimate of drug-likeness (QED) is 0.197. The second-order valence-corrected chi connectivity index (χ2v) is 8.08. The molecule has 4 rings (SSSR count). The van der Waals surface area contributed by atoms with Gasteiger partial charge in [-0.15, -0.1) is 0 Å². The lowest BCUT2D eigenvalue weighted by molar-refractivity contribution is -0.384. The number of carbonyl (C=O) groups is 2. The van der Waals surface area contributed by atoms with Crippen molar-refractivity contribution in [2.45, 2.75) is 12.6 Å². The molecule has 0 saturated carbocycles. The van der Waals surface area contributed by atoms with Crippen molar-refractivity contribution in [1.82, 2.24) is 9.88 Å². The van der Waals surface area contributed by atoms with Gasteiger partial charge in [0.2, 0.25) is 0 Å². The number of Topliss-reactive ketones (excluding diaryl/α,β-unsaturated/α-hetero) is 1. The van der Waals surface area contributed by atoms with E-state index in [1.165, 1.54) is 29.2 Å². The second-order valence-electron chi connectivity index (χ2n) is 8.08. The molecule has 172 valence electrons. The van der Waals surface area contributed by atoms with Crippen LogP contribution in [0.25, 0.3) is 5.76 Å². The highest BCUT2D eigenvalue weighted by Gasteiger charge is 2.46. The minimum absolute atomic E-state index is 0.0866. The number of aliphatic hydroxyl groups is 1. The number of rotatable bonds is 6. The van der Waals surface area contributed by atoms with Crippen LogP contribution in [0.15, 0.2) is 78.6 Å². The maximum absolute atomic E-state index is 13.1. The Labute approximate surface area is 195 Å². The van der Waals surface area contributed by atoms with Crippen molar-refractivity contribution in [3.8, 4) is 0 Å². The van der Waals surface area contributed by atoms with Crippen molar-refractivity contribution in [2.24, 2.45) is 0 Å². The molecule has 9 nitrogen and oxygen atoms in total. The number of likely N-dealkylation sites (tertiary alicyclic amines) is 1. The van der Waals surface area contributed by atoms with Crippen LogP contribution >= 0.6 is 0 Å². The highest BCUT2D eigenvalue weighted by Crippen LogP contribution is 2.41. The number of benzene rings is 2. The zero-order valence-electron chi connectivity index (χ0n) is 18.6. The number of anilines is 1. The van der Waals surface area contributed by atoms with Crippen LogP contribution in [0.2, 0.25) is 0 Å². The lowest BCUT2D eigenvalue weighted by Crippen LogP contribution is -2.29. The van der Waals surface area contributed by atoms with Gasteiger partial charge in [0, 0.05) is 56.4 Å². The van der Waals surface area contributed by atoms with E-state index >= 15 is 0 Å². The molecule has 1 N–H and O–H groups in total. The lowest BCUT2D eigenvalue weighted by Gasteiger charge is -2.26. The normalized spacial score (nSPS) is 17.1. The Bertz CT molecular complexity index is 1290. The molecule has 1 unspecified atom stereocenters. The van der Waals surface area contributed by atoms with Crippen molar-refractivity contribution < 1.29 is 19.6 Å². The molecule has 9 heteroatoms. The molecule has 1 aromatic heterocycles. The molecule has 1 atom stereocenters. The summed E-state index contributed by atoms with van der Waals surface area (Å²) in [6.45, 7) is 0.101. The number of hydrogen-bond donors (Lipinski definition) is 1. The number of aromatic nitrogens is 1. The van der Waals surface area contributed by atoms with Gasteiger partial charge >= 0.3 is 0 Å². The fourth-order valence-corrected chi connectivity index (χ4v) is 3.96. The van der Waals surface area contributed by atoms with E-state index in [9.17, 15) is 24.8 Å². The van der Waals surface area contributed by atoms with Gasteiger partial charge in [0.25, 0.3) is 17.4 Å². The lowest BCUT2D eigenvalue weighted by atomic mass is 9.95. The highest BCUT2D eigenvalue weighted by atomic mass is 16.6. The minimum Gasteiger partial charge on any atom is -0.507 e. The third-order valence-corrected chi connectivity index (χ3v) is 5.67. The largest absolute Gasteiger partial charge is 0.507 e. The van der Waals surface area contributed by atoms with Crippen molar-refractivity contribution in [1.29, 1.82) is 0 Å². The first-order valence-electron chi connectivity index (χ1n) is 10.5. The van der Waals surface area contributed by atoms with E-state index in [4.69, 9.17) is 0 Å². The van der Waals surface area contributed by atoms with Crippen LogP contribution in [0.3, 0.4) is 0 Å². The number of nitro benzene ring substituents is 1. The summed E-state index contributed by atoms with van der Waals surface area (Å²) in [5.41, 5.74) is 2.00. The van der Waals surface area contributed by atoms with Gasteiger partial charge in [0.15, 0.2) is 0 Å². The van der Waals surface area contributed by atoms with Crippen LogP contribution in [0.1, 0.15) is 22.7 Å². The molecular formula is C25H22N4O5. The number of hydrogen-bond acceptors (Lipinski definition) is 7. The predicted molar refractivity (Wildman–Crippen MR) is 126 cm³/mol. The summed E-state index contributed by atoms with van der Waals surface area (Å²) in [7, 11) is 3.79. The van der Waals surface area contributed by atoms with E-state index in [2.05, 4.69) is 4.98 Å². The first-order valence-corrected chi connectivity index (χ1v) is 10.5. The summed E-state index contributed by atoms with van der Waals surface area (Å²) in [6.07, 6.45) is 3.21. The molecule has 34 heavy (non-hydrogen) atoms. The summed E-state index contributed by atoms with van der Waals surface area (Å²) in [5, 5.41) is 22.3. The summed E-state index contributed by atoms with van der Waals surface area (Å²) in [6, 6.07) is 15.3. The fourth-order valence-electron chi connectivity index (χ4n) is 3.96. The van der Waals surface area contributed by atoms with E-state index in [1.807, 2.05) is 31.1 Å². The van der Waals surface area contributed by atoms with Crippen LogP contribution < -0.4 is 4.90 Å². The summed E-state index contributed by atoms with van der Waals surface area (Å²) < 4.78 is 0. The van der Waals surface area contributed by atoms with E-state index in [1.54, 1.807) is 36.7 Å². The Hall–Kier alpha value is -4.53. The zero-order chi connectivity index (χ0) is 24.4. The van der Waals surface area contributed by atoms with Crippen LogP contribution in [-0.4, -0.2) is 45.7 Å². The molecule has 0 aliphatic carbocycles. The van der Waals surface area contributed by atoms with E-state index in [0.717, 1.165) is 11.3 Å². The predicted octanol–water partition coefficient (Wildman–Crippen LogP) is 3.68. The Balaban J connectivity index is 1.87. The van der Waals surface area contributed by atoms with Crippen molar-refractivity contribution in [3.63, 3.8) is 0 Å². The smallest absolute Gasteiger partial charge is 0.295 e. The van der Waals surface area contributed by atoms with E-state index in [0.29, 0.717) is 5.56 Å². The number of carbonyl (C=O) groups excluding carboxylic acids is 2. The first kappa shape index (κ1) is 22.7. The molecule has 2 heterocycles. The van der Waals surface area contributed by atoms with Crippen LogP contribution in [0.5, 0.6) is 0 Å². The third kappa shape index (κ3) is 4.23. The molecular weight excluding hydrogens is 436 g/mol. The number of nitro groups is 1. The van der Waals surface area contributed by atoms with Crippen LogP contribution in [-0.2, 0) is 16.1 Å². The Morgan fingerprint density at radius 2 is 1.85 bits per heavy atom. The van der Waals surface area contributed by atoms with Crippen LogP contribution in [0, 0.1) is 10.1 Å². The molecule has 0 radical (unpaired) electrons. The van der Waals surface area contributed by atoms with Crippen molar-refractivity contribution >= 4 is 28.8 Å². The van der Waals surface area contributed by atoms with Gasteiger partial charge in [0.05, 0.1) is 16.5 Å². The minimum atomic E-state index is -0.879. The number of nitrogens with zero attached hydrogens (tertiary/aromatic N) is 4. The van der Waals surface area contributed by atoms with Gasteiger partial charge in [0.1, 0.15) is 5.76 Å². The van der Waals surface area contributed by atoms with Crippen molar-refractivity contribution in [2.75, 3.05) is 19.0 Å². The Kier molecular flexibility index (Phi) is 6.09. The van der Waals surface area contributed by atoms with Gasteiger partial charge in [-0.25, -0.2) is 0 Å². The fraction of sp³-hybridized carbons (Fsp3) is 0.160. The second kappa shape index (κ2) is 9.14. The average molecular weight is 458 g/mol. The third-order valence-electron chi connectivity index (χ3n) is 5.67. The summed E-state index contributed by atoms with van der Waals surface area (Å²) >= 11 is 0. The highest BCUT2D eigenvalue weighted by molar-refractivity contribution is 6.46. The molecule has 1 fully saturated rings. The number of non-ortho nitro benzene ring substituents is 1. The first-order chi connectivity index (χ1) is 16.3. The van der Waals surface area contributed by atoms with Gasteiger partial charge in [-0.05, 0) is 29.3 Å². The molecule has 0 spiro atoms. The molecule has 2 aromatic carbocycles. The van der Waals surface area contributed by atoms with E-state index < -0.39 is 28.4 Å². The number of aliphatic hydroxyl groups excluding tert-OH is 1. The standard InChI is InChI=1S/C25H22N4O5/c1-27(2)19-10-8-17(9-11-19)22-21(23(30)18-6-3-7-20(13-18)29(33)34)24(31)25(32)28(22)15-16-5-4-12-26-14-16/h3-14,22,30H,15H2,1-2H3/b23-21-. The molecule has 1 amide bonds. The van der Waals surface area contributed by atoms with Crippen molar-refractivity contribution in [3.05, 3.63) is 105 Å². The summed E-state index contributed by atoms with van der Waals surface area (Å²) in [5.74, 6) is -2.08. The maximum atomic E-state index is 13.1. The molecule has 1 aliphatic heterocycles. The van der Waals surface area contributed by atoms with Gasteiger partial charge in [-0.1, -0.05) is 30.3 Å². The molecule has 0 bridgehead atoms. The van der Waals surface area contributed by atoms with Gasteiger partial charge in [-0.2, -0.15) is 0 Å². The zero-order valence-corrected chi connectivity index (χ0v) is 18.6. The Morgan fingerprint density at radius 1 is 1.12 bits per heavy atom. The van der Waals surface area contributed by atoms with E-state index in [-0.39, 0.29) is 23.4 Å². The van der Waals surface area contributed by atoms with Gasteiger partial charge in [-0.3, -0.25) is 24.7 Å². The number of pyridine rings is 1. The Morgan fingerprint density at radius 3 is 2.47 bits per heavy atom. The SMILES string of the molecule is CN(C)c1ccc(C2/C(=C(/O)c3cccc([N+](=O)[O-])c3)C(=O)C(=O)N2Cc2cccnc2)cc1. The topological polar surface area (TPSA) is 117 Å². The van der Waals surface area contributed by atoms with Crippen LogP contribution in [0.4, 0.5) is 11.4 Å². The molecule has 3 aromatic rings. The maximum Gasteiger partial charge on any atom is 0.295 e. The number of ketones is 1. The molecule has 1 aliphatic rings. The average Bonchev–Trinajstić information content (AvgIpc) is 3.09. The number of amides is 1. The van der Waals surface area contributed by atoms with Gasteiger partial charge < -0.3 is 14.9 Å². The summed E-state index contributed by atoms with van der Waals surface area (Å²) in [4.78, 5) is 44.2.